The molecule has 1 aromatic carbocycles. The molecule has 0 heterocycles. The predicted molar refractivity (Wildman–Crippen MR) is 81.5 cm³/mol. The molecule has 1 rings (SSSR count). The molecule has 0 radical (unpaired) electrons. The van der Waals surface area contributed by atoms with Crippen molar-refractivity contribution in [1.29, 1.82) is 0 Å². The zero-order chi connectivity index (χ0) is 14.1. The van der Waals surface area contributed by atoms with Gasteiger partial charge in [0, 0.05) is 12.0 Å². The first-order valence-corrected chi connectivity index (χ1v) is 7.53. The molecule has 2 heteroatoms. The van der Waals surface area contributed by atoms with Gasteiger partial charge in [-0.1, -0.05) is 51.0 Å². The summed E-state index contributed by atoms with van der Waals surface area (Å²) in [5.74, 6) is 0.870. The topological polar surface area (TPSA) is 43.1 Å². The van der Waals surface area contributed by atoms with Crippen molar-refractivity contribution in [2.24, 2.45) is 11.7 Å². The SMILES string of the molecule is CCCC(CCN)CCC(=O)c1ccc(CC)cc1. The lowest BCUT2D eigenvalue weighted by molar-refractivity contribution is 0.0972. The van der Waals surface area contributed by atoms with E-state index in [2.05, 4.69) is 26.0 Å². The molecular weight excluding hydrogens is 234 g/mol. The molecule has 0 aliphatic carbocycles. The summed E-state index contributed by atoms with van der Waals surface area (Å²) >= 11 is 0. The van der Waals surface area contributed by atoms with Crippen LogP contribution in [0.2, 0.25) is 0 Å². The van der Waals surface area contributed by atoms with Gasteiger partial charge in [0.05, 0.1) is 0 Å². The van der Waals surface area contributed by atoms with Gasteiger partial charge in [-0.15, -0.1) is 0 Å². The van der Waals surface area contributed by atoms with Crippen LogP contribution < -0.4 is 5.73 Å². The van der Waals surface area contributed by atoms with E-state index in [1.54, 1.807) is 0 Å². The lowest BCUT2D eigenvalue weighted by Gasteiger charge is -2.14. The molecule has 2 nitrogen and oxygen atoms in total. The number of carbonyl (C=O) groups is 1. The average molecular weight is 261 g/mol. The molecule has 0 amide bonds. The van der Waals surface area contributed by atoms with Crippen LogP contribution in [0.25, 0.3) is 0 Å². The van der Waals surface area contributed by atoms with Gasteiger partial charge in [-0.25, -0.2) is 0 Å². The molecule has 2 N–H and O–H groups in total. The monoisotopic (exact) mass is 261 g/mol. The number of hydrogen-bond donors (Lipinski definition) is 1. The van der Waals surface area contributed by atoms with Crippen LogP contribution in [0.5, 0.6) is 0 Å². The highest BCUT2D eigenvalue weighted by Crippen LogP contribution is 2.19. The molecule has 0 saturated carbocycles. The maximum absolute atomic E-state index is 12.1. The Morgan fingerprint density at radius 2 is 1.79 bits per heavy atom. The first kappa shape index (κ1) is 15.9. The van der Waals surface area contributed by atoms with Crippen molar-refractivity contribution in [3.8, 4) is 0 Å². The van der Waals surface area contributed by atoms with Gasteiger partial charge in [0.25, 0.3) is 0 Å². The maximum atomic E-state index is 12.1. The number of rotatable bonds is 9. The summed E-state index contributed by atoms with van der Waals surface area (Å²) in [4.78, 5) is 12.1. The Morgan fingerprint density at radius 3 is 2.32 bits per heavy atom. The van der Waals surface area contributed by atoms with Crippen LogP contribution >= 0.6 is 0 Å². The summed E-state index contributed by atoms with van der Waals surface area (Å²) in [6, 6.07) is 8.02. The van der Waals surface area contributed by atoms with Crippen molar-refractivity contribution < 1.29 is 4.79 Å². The average Bonchev–Trinajstić information content (AvgIpc) is 2.45. The number of hydrogen-bond acceptors (Lipinski definition) is 2. The maximum Gasteiger partial charge on any atom is 0.162 e. The van der Waals surface area contributed by atoms with Crippen LogP contribution in [0.1, 0.15) is 61.9 Å². The lowest BCUT2D eigenvalue weighted by atomic mass is 9.92. The van der Waals surface area contributed by atoms with E-state index in [0.29, 0.717) is 12.3 Å². The Morgan fingerprint density at radius 1 is 1.11 bits per heavy atom. The van der Waals surface area contributed by atoms with Crippen LogP contribution in [-0.4, -0.2) is 12.3 Å². The van der Waals surface area contributed by atoms with Crippen molar-refractivity contribution in [3.05, 3.63) is 35.4 Å². The molecule has 0 aromatic heterocycles. The fraction of sp³-hybridized carbons (Fsp3) is 0.588. The molecule has 0 bridgehead atoms. The highest BCUT2D eigenvalue weighted by molar-refractivity contribution is 5.96. The molecule has 19 heavy (non-hydrogen) atoms. The zero-order valence-electron chi connectivity index (χ0n) is 12.3. The number of ketones is 1. The second-order valence-electron chi connectivity index (χ2n) is 5.24. The molecule has 0 aliphatic rings. The van der Waals surface area contributed by atoms with Gasteiger partial charge in [-0.05, 0) is 37.3 Å². The van der Waals surface area contributed by atoms with Gasteiger partial charge in [-0.2, -0.15) is 0 Å². The van der Waals surface area contributed by atoms with Gasteiger partial charge in [0.2, 0.25) is 0 Å². The van der Waals surface area contributed by atoms with Gasteiger partial charge in [0.15, 0.2) is 5.78 Å². The number of Topliss-reactive ketones (excluding diaryl/α,β-unsaturated/α-hetero) is 1. The molecule has 1 aromatic rings. The Bertz CT molecular complexity index is 363. The largest absolute Gasteiger partial charge is 0.330 e. The van der Waals surface area contributed by atoms with E-state index in [1.165, 1.54) is 18.4 Å². The number of nitrogens with two attached hydrogens (primary N) is 1. The zero-order valence-corrected chi connectivity index (χ0v) is 12.3. The van der Waals surface area contributed by atoms with E-state index >= 15 is 0 Å². The van der Waals surface area contributed by atoms with E-state index < -0.39 is 0 Å². The molecule has 1 unspecified atom stereocenters. The highest BCUT2D eigenvalue weighted by atomic mass is 16.1. The smallest absolute Gasteiger partial charge is 0.162 e. The molecule has 0 saturated heterocycles. The second kappa shape index (κ2) is 8.87. The Hall–Kier alpha value is -1.15. The minimum atomic E-state index is 0.265. The summed E-state index contributed by atoms with van der Waals surface area (Å²) in [6.07, 6.45) is 6.03. The standard InChI is InChI=1S/C17H27NO/c1-3-5-15(12-13-18)8-11-17(19)16-9-6-14(4-2)7-10-16/h6-7,9-10,15H,3-5,8,11-13,18H2,1-2H3. The lowest BCUT2D eigenvalue weighted by Crippen LogP contribution is -2.11. The van der Waals surface area contributed by atoms with Crippen molar-refractivity contribution in [1.82, 2.24) is 0 Å². The third kappa shape index (κ3) is 5.56. The number of aryl methyl sites for hydroxylation is 1. The van der Waals surface area contributed by atoms with E-state index in [4.69, 9.17) is 5.73 Å². The highest BCUT2D eigenvalue weighted by Gasteiger charge is 2.11. The minimum Gasteiger partial charge on any atom is -0.330 e. The van der Waals surface area contributed by atoms with E-state index in [1.807, 2.05) is 12.1 Å². The quantitative estimate of drug-likeness (QED) is 0.683. The van der Waals surface area contributed by atoms with Gasteiger partial charge >= 0.3 is 0 Å². The van der Waals surface area contributed by atoms with Crippen LogP contribution in [0.15, 0.2) is 24.3 Å². The van der Waals surface area contributed by atoms with Crippen molar-refractivity contribution >= 4 is 5.78 Å². The first-order valence-electron chi connectivity index (χ1n) is 7.53. The van der Waals surface area contributed by atoms with E-state index in [-0.39, 0.29) is 5.78 Å². The fourth-order valence-corrected chi connectivity index (χ4v) is 2.48. The van der Waals surface area contributed by atoms with Gasteiger partial charge in [-0.3, -0.25) is 4.79 Å². The van der Waals surface area contributed by atoms with Crippen molar-refractivity contribution in [2.45, 2.75) is 52.4 Å². The van der Waals surface area contributed by atoms with Crippen molar-refractivity contribution in [2.75, 3.05) is 6.54 Å². The first-order chi connectivity index (χ1) is 9.21. The normalized spacial score (nSPS) is 12.4. The molecule has 0 aliphatic heterocycles. The molecule has 1 atom stereocenters. The molecule has 0 fully saturated rings. The van der Waals surface area contributed by atoms with Crippen LogP contribution in [-0.2, 0) is 6.42 Å². The number of carbonyl (C=O) groups excluding carboxylic acids is 1. The molecule has 106 valence electrons. The summed E-state index contributed by atoms with van der Waals surface area (Å²) in [7, 11) is 0. The van der Waals surface area contributed by atoms with Crippen LogP contribution in [0.4, 0.5) is 0 Å². The fourth-order valence-electron chi connectivity index (χ4n) is 2.48. The van der Waals surface area contributed by atoms with Gasteiger partial charge < -0.3 is 5.73 Å². The predicted octanol–water partition coefficient (Wildman–Crippen LogP) is 3.98. The number of benzene rings is 1. The van der Waals surface area contributed by atoms with E-state index in [9.17, 15) is 4.79 Å². The summed E-state index contributed by atoms with van der Waals surface area (Å²) in [6.45, 7) is 5.04. The third-order valence-electron chi connectivity index (χ3n) is 3.74. The molecule has 0 spiro atoms. The second-order valence-corrected chi connectivity index (χ2v) is 5.24. The summed E-state index contributed by atoms with van der Waals surface area (Å²) in [5.41, 5.74) is 7.75. The van der Waals surface area contributed by atoms with E-state index in [0.717, 1.165) is 31.4 Å². The van der Waals surface area contributed by atoms with Crippen LogP contribution in [0, 0.1) is 5.92 Å². The van der Waals surface area contributed by atoms with Crippen molar-refractivity contribution in [3.63, 3.8) is 0 Å². The Balaban J connectivity index is 2.48. The summed E-state index contributed by atoms with van der Waals surface area (Å²) < 4.78 is 0. The minimum absolute atomic E-state index is 0.265. The summed E-state index contributed by atoms with van der Waals surface area (Å²) in [5, 5.41) is 0. The van der Waals surface area contributed by atoms with Gasteiger partial charge in [0.1, 0.15) is 0 Å². The Labute approximate surface area is 117 Å². The Kier molecular flexibility index (Phi) is 7.42. The molecular formula is C17H27NO. The third-order valence-corrected chi connectivity index (χ3v) is 3.74. The van der Waals surface area contributed by atoms with Crippen LogP contribution in [0.3, 0.4) is 0 Å².